The number of ether oxygens (including phenoxy) is 3. The number of benzene rings is 3. The van der Waals surface area contributed by atoms with Gasteiger partial charge in [0.25, 0.3) is 0 Å². The van der Waals surface area contributed by atoms with Crippen LogP contribution in [0.25, 0.3) is 0 Å². The Morgan fingerprint density at radius 1 is 0.957 bits per heavy atom. The van der Waals surface area contributed by atoms with Gasteiger partial charge in [-0.05, 0) is 103 Å². The molecule has 0 amide bonds. The molecule has 1 N–H and O–H groups in total. The van der Waals surface area contributed by atoms with Crippen molar-refractivity contribution >= 4 is 29.2 Å². The summed E-state index contributed by atoms with van der Waals surface area (Å²) in [5.74, 6) is 2.12. The van der Waals surface area contributed by atoms with Crippen LogP contribution in [0.3, 0.4) is 0 Å². The number of aromatic nitrogens is 1. The summed E-state index contributed by atoms with van der Waals surface area (Å²) >= 11 is 12.6. The van der Waals surface area contributed by atoms with E-state index in [0.29, 0.717) is 47.8 Å². The third-order valence-electron chi connectivity index (χ3n) is 9.71. The summed E-state index contributed by atoms with van der Waals surface area (Å²) in [6.45, 7) is 4.81. The van der Waals surface area contributed by atoms with Crippen LogP contribution in [0.4, 0.5) is 0 Å². The highest BCUT2D eigenvalue weighted by Gasteiger charge is 2.34. The first-order valence-corrected chi connectivity index (χ1v) is 17.0. The summed E-state index contributed by atoms with van der Waals surface area (Å²) in [7, 11) is 0. The van der Waals surface area contributed by atoms with Gasteiger partial charge < -0.3 is 23.8 Å². The quantitative estimate of drug-likeness (QED) is 0.201. The molecule has 47 heavy (non-hydrogen) atoms. The van der Waals surface area contributed by atoms with E-state index >= 15 is 0 Å². The van der Waals surface area contributed by atoms with E-state index < -0.39 is 12.0 Å². The average Bonchev–Trinajstić information content (AvgIpc) is 3.37. The summed E-state index contributed by atoms with van der Waals surface area (Å²) in [5.41, 5.74) is 6.30. The summed E-state index contributed by atoms with van der Waals surface area (Å²) in [4.78, 5) is 14.2. The first-order valence-electron chi connectivity index (χ1n) is 16.3. The van der Waals surface area contributed by atoms with Crippen molar-refractivity contribution in [2.24, 2.45) is 5.92 Å². The van der Waals surface area contributed by atoms with Gasteiger partial charge >= 0.3 is 5.97 Å². The molecule has 7 rings (SSSR count). The van der Waals surface area contributed by atoms with Gasteiger partial charge in [-0.25, -0.2) is 0 Å². The second kappa shape index (κ2) is 13.9. The number of aryl methyl sites for hydroxylation is 1. The van der Waals surface area contributed by atoms with Gasteiger partial charge in [0.15, 0.2) is 0 Å². The summed E-state index contributed by atoms with van der Waals surface area (Å²) in [6.07, 6.45) is 3.81. The van der Waals surface area contributed by atoms with Crippen molar-refractivity contribution in [1.82, 2.24) is 10.1 Å². The van der Waals surface area contributed by atoms with Crippen LogP contribution < -0.4 is 9.47 Å². The van der Waals surface area contributed by atoms with Crippen molar-refractivity contribution in [3.05, 3.63) is 110 Å². The van der Waals surface area contributed by atoms with E-state index in [1.807, 2.05) is 36.1 Å². The molecule has 0 radical (unpaired) electrons. The second-order valence-corrected chi connectivity index (χ2v) is 13.7. The minimum absolute atomic E-state index is 0.155. The standard InChI is InChI=1S/C37H38Cl2N2O6/c1-22-14-30(40-47-22)21-41-20-29-16-28-15-25(10-13-45-35(28)19-27(29)18-34(41)37(42)43)23-2-5-31(6-3-23)46-36(24-8-11-44-12-9-24)26-4-7-32(38)33(39)17-26/h2-7,14,16-17,19,24-25,34,36H,8-13,15,18,20-21H2,1H3,(H,42,43)/t25?,34-,36?/m0/s1. The molecule has 2 unspecified atom stereocenters. The largest absolute Gasteiger partial charge is 0.493 e. The molecule has 1 saturated heterocycles. The van der Waals surface area contributed by atoms with Gasteiger partial charge in [-0.15, -0.1) is 0 Å². The Bertz CT molecular complexity index is 1740. The Hall–Kier alpha value is -3.56. The third-order valence-corrected chi connectivity index (χ3v) is 10.4. The minimum Gasteiger partial charge on any atom is -0.493 e. The Labute approximate surface area is 284 Å². The van der Waals surface area contributed by atoms with E-state index in [2.05, 4.69) is 41.6 Å². The molecule has 0 spiro atoms. The lowest BCUT2D eigenvalue weighted by atomic mass is 9.86. The highest BCUT2D eigenvalue weighted by molar-refractivity contribution is 6.42. The maximum atomic E-state index is 12.2. The van der Waals surface area contributed by atoms with E-state index in [0.717, 1.165) is 78.3 Å². The molecule has 246 valence electrons. The molecule has 0 saturated carbocycles. The van der Waals surface area contributed by atoms with Crippen LogP contribution in [0, 0.1) is 12.8 Å². The number of fused-ring (bicyclic) bond motifs is 2. The maximum absolute atomic E-state index is 12.2. The van der Waals surface area contributed by atoms with Crippen molar-refractivity contribution in [2.45, 2.75) is 70.2 Å². The maximum Gasteiger partial charge on any atom is 0.321 e. The smallest absolute Gasteiger partial charge is 0.321 e. The van der Waals surface area contributed by atoms with Gasteiger partial charge in [0.1, 0.15) is 29.4 Å². The molecular weight excluding hydrogens is 639 g/mol. The van der Waals surface area contributed by atoms with Crippen LogP contribution in [0.15, 0.2) is 65.2 Å². The molecule has 8 nitrogen and oxygen atoms in total. The number of aliphatic carboxylic acids is 1. The zero-order chi connectivity index (χ0) is 32.5. The van der Waals surface area contributed by atoms with Crippen molar-refractivity contribution in [3.8, 4) is 11.5 Å². The van der Waals surface area contributed by atoms with Crippen LogP contribution in [0.5, 0.6) is 11.5 Å². The van der Waals surface area contributed by atoms with Crippen LogP contribution >= 0.6 is 23.2 Å². The topological polar surface area (TPSA) is 94.3 Å². The molecule has 3 atom stereocenters. The molecule has 3 aliphatic rings. The monoisotopic (exact) mass is 676 g/mol. The van der Waals surface area contributed by atoms with Gasteiger partial charge in [-0.1, -0.05) is 52.6 Å². The molecular formula is C37H38Cl2N2O6. The Balaban J connectivity index is 1.09. The highest BCUT2D eigenvalue weighted by Crippen LogP contribution is 2.40. The molecule has 0 bridgehead atoms. The molecule has 0 aliphatic carbocycles. The van der Waals surface area contributed by atoms with Crippen LogP contribution in [-0.2, 0) is 35.5 Å². The number of carboxylic acid groups (broad SMARTS) is 1. The van der Waals surface area contributed by atoms with E-state index in [1.54, 1.807) is 0 Å². The fourth-order valence-corrected chi connectivity index (χ4v) is 7.50. The fraction of sp³-hybridized carbons (Fsp3) is 0.405. The number of rotatable bonds is 8. The zero-order valence-corrected chi connectivity index (χ0v) is 27.8. The van der Waals surface area contributed by atoms with Crippen LogP contribution in [-0.4, -0.2) is 47.0 Å². The average molecular weight is 678 g/mol. The van der Waals surface area contributed by atoms with E-state index in [9.17, 15) is 9.90 Å². The highest BCUT2D eigenvalue weighted by atomic mass is 35.5. The third kappa shape index (κ3) is 7.16. The number of nitrogens with zero attached hydrogens (tertiary/aromatic N) is 2. The fourth-order valence-electron chi connectivity index (χ4n) is 7.20. The number of halogens is 2. The SMILES string of the molecule is Cc1cc(CN2Cc3cc4c(cc3C[C@H]2C(=O)O)OCCC(c2ccc(OC(c3ccc(Cl)c(Cl)c3)C3CCOCC3)cc2)C4)no1. The molecule has 4 heterocycles. The van der Waals surface area contributed by atoms with Gasteiger partial charge in [0.2, 0.25) is 0 Å². The molecule has 1 aromatic heterocycles. The first-order chi connectivity index (χ1) is 22.8. The lowest BCUT2D eigenvalue weighted by molar-refractivity contribution is -0.144. The van der Waals surface area contributed by atoms with Crippen LogP contribution in [0.1, 0.15) is 70.6 Å². The first kappa shape index (κ1) is 32.0. The zero-order valence-electron chi connectivity index (χ0n) is 26.3. The Morgan fingerprint density at radius 3 is 2.49 bits per heavy atom. The lowest BCUT2D eigenvalue weighted by Gasteiger charge is -2.34. The predicted molar refractivity (Wildman–Crippen MR) is 178 cm³/mol. The predicted octanol–water partition coefficient (Wildman–Crippen LogP) is 7.96. The van der Waals surface area contributed by atoms with E-state index in [4.69, 9.17) is 41.9 Å². The van der Waals surface area contributed by atoms with E-state index in [-0.39, 0.29) is 12.0 Å². The summed E-state index contributed by atoms with van der Waals surface area (Å²) in [6, 6.07) is 19.7. The van der Waals surface area contributed by atoms with Gasteiger partial charge in [-0.3, -0.25) is 9.69 Å². The molecule has 1 fully saturated rings. The second-order valence-electron chi connectivity index (χ2n) is 12.9. The normalized spacial score (nSPS) is 20.8. The molecule has 3 aromatic carbocycles. The van der Waals surface area contributed by atoms with Crippen molar-refractivity contribution < 1.29 is 28.6 Å². The van der Waals surface area contributed by atoms with E-state index in [1.165, 1.54) is 5.56 Å². The van der Waals surface area contributed by atoms with Crippen molar-refractivity contribution in [2.75, 3.05) is 19.8 Å². The Morgan fingerprint density at radius 2 is 1.77 bits per heavy atom. The molecule has 10 heteroatoms. The van der Waals surface area contributed by atoms with Gasteiger partial charge in [0.05, 0.1) is 22.3 Å². The Kier molecular flexibility index (Phi) is 9.46. The molecule has 4 aromatic rings. The van der Waals surface area contributed by atoms with Crippen molar-refractivity contribution in [3.63, 3.8) is 0 Å². The number of hydrogen-bond donors (Lipinski definition) is 1. The summed E-state index contributed by atoms with van der Waals surface area (Å²) in [5, 5.41) is 15.2. The lowest BCUT2D eigenvalue weighted by Crippen LogP contribution is -2.45. The van der Waals surface area contributed by atoms with Crippen molar-refractivity contribution in [1.29, 1.82) is 0 Å². The molecule has 3 aliphatic heterocycles. The van der Waals surface area contributed by atoms with Gasteiger partial charge in [-0.2, -0.15) is 0 Å². The minimum atomic E-state index is -0.838. The number of carboxylic acids is 1. The number of carbonyl (C=O) groups is 1. The van der Waals surface area contributed by atoms with Gasteiger partial charge in [0, 0.05) is 38.3 Å². The summed E-state index contributed by atoms with van der Waals surface area (Å²) < 4.78 is 23.8. The number of hydrogen-bond acceptors (Lipinski definition) is 7. The van der Waals surface area contributed by atoms with Crippen LogP contribution in [0.2, 0.25) is 10.0 Å².